The van der Waals surface area contributed by atoms with Crippen molar-refractivity contribution >= 4 is 31.6 Å². The monoisotopic (exact) mass is 471 g/mol. The zero-order valence-corrected chi connectivity index (χ0v) is 18.4. The van der Waals surface area contributed by atoms with Gasteiger partial charge in [-0.2, -0.15) is 0 Å². The molecule has 0 fully saturated rings. The highest BCUT2D eigenvalue weighted by Gasteiger charge is 2.33. The van der Waals surface area contributed by atoms with Crippen molar-refractivity contribution < 1.29 is 13.5 Å². The third-order valence-electron chi connectivity index (χ3n) is 4.71. The van der Waals surface area contributed by atoms with E-state index in [1.54, 1.807) is 66.7 Å². The Hall–Kier alpha value is -2.41. The van der Waals surface area contributed by atoms with Crippen molar-refractivity contribution in [1.29, 1.82) is 0 Å². The van der Waals surface area contributed by atoms with Gasteiger partial charge >= 0.3 is 0 Å². The minimum atomic E-state index is -3.81. The third kappa shape index (κ3) is 4.61. The van der Waals surface area contributed by atoms with Crippen molar-refractivity contribution in [2.75, 3.05) is 4.72 Å². The summed E-state index contributed by atoms with van der Waals surface area (Å²) in [6, 6.07) is 20.8. The molecule has 1 atom stereocenters. The van der Waals surface area contributed by atoms with E-state index in [9.17, 15) is 13.5 Å². The number of sulfonamides is 1. The van der Waals surface area contributed by atoms with Crippen molar-refractivity contribution in [3.8, 4) is 0 Å². The van der Waals surface area contributed by atoms with Crippen molar-refractivity contribution in [2.24, 2.45) is 0 Å². The molecular weight excluding hydrogens is 450 g/mol. The van der Waals surface area contributed by atoms with Crippen LogP contribution in [0.1, 0.15) is 23.1 Å². The largest absolute Gasteiger partial charge is 0.380 e. The summed E-state index contributed by atoms with van der Waals surface area (Å²) in [5, 5.41) is 11.6. The van der Waals surface area contributed by atoms with Crippen LogP contribution < -0.4 is 4.72 Å². The van der Waals surface area contributed by atoms with E-state index >= 15 is 0 Å². The molecule has 6 heteroatoms. The molecule has 0 saturated carbocycles. The number of aryl methyl sites for hydroxylation is 1. The first-order valence-electron chi connectivity index (χ1n) is 9.04. The van der Waals surface area contributed by atoms with Crippen LogP contribution in [-0.2, 0) is 15.6 Å². The molecule has 0 radical (unpaired) electrons. The molecule has 1 unspecified atom stereocenters. The quantitative estimate of drug-likeness (QED) is 0.455. The molecule has 29 heavy (non-hydrogen) atoms. The summed E-state index contributed by atoms with van der Waals surface area (Å²) in [6.07, 6.45) is 1.84. The molecule has 0 aromatic heterocycles. The molecular formula is C23H22BrNO3S. The Labute approximate surface area is 180 Å². The molecule has 0 heterocycles. The van der Waals surface area contributed by atoms with E-state index in [0.29, 0.717) is 16.8 Å². The smallest absolute Gasteiger partial charge is 0.261 e. The lowest BCUT2D eigenvalue weighted by Gasteiger charge is -2.30. The summed E-state index contributed by atoms with van der Waals surface area (Å²) in [5.41, 5.74) is 0.954. The first kappa shape index (κ1) is 21.3. The van der Waals surface area contributed by atoms with Crippen LogP contribution in [0.4, 0.5) is 5.69 Å². The van der Waals surface area contributed by atoms with Crippen molar-refractivity contribution in [3.63, 3.8) is 0 Å². The molecule has 150 valence electrons. The van der Waals surface area contributed by atoms with Crippen molar-refractivity contribution in [1.82, 2.24) is 0 Å². The fraction of sp³-hybridized carbons (Fsp3) is 0.130. The average Bonchev–Trinajstić information content (AvgIpc) is 2.69. The van der Waals surface area contributed by atoms with Gasteiger partial charge < -0.3 is 5.11 Å². The number of hydrogen-bond acceptors (Lipinski definition) is 3. The predicted molar refractivity (Wildman–Crippen MR) is 120 cm³/mol. The van der Waals surface area contributed by atoms with Crippen LogP contribution in [0.3, 0.4) is 0 Å². The van der Waals surface area contributed by atoms with Crippen LogP contribution in [0.15, 0.2) is 94.8 Å². The van der Waals surface area contributed by atoms with Crippen LogP contribution in [0.5, 0.6) is 0 Å². The van der Waals surface area contributed by atoms with Gasteiger partial charge in [0.25, 0.3) is 10.0 Å². The molecule has 3 rings (SSSR count). The highest BCUT2D eigenvalue weighted by atomic mass is 79.9. The van der Waals surface area contributed by atoms with Crippen LogP contribution in [0.25, 0.3) is 0 Å². The van der Waals surface area contributed by atoms with Gasteiger partial charge in [0.1, 0.15) is 5.60 Å². The molecule has 3 aromatic rings. The number of aliphatic hydroxyl groups is 1. The number of nitrogens with one attached hydrogen (secondary N) is 1. The highest BCUT2D eigenvalue weighted by Crippen LogP contribution is 2.38. The van der Waals surface area contributed by atoms with E-state index in [-0.39, 0.29) is 11.3 Å². The molecule has 4 nitrogen and oxygen atoms in total. The van der Waals surface area contributed by atoms with E-state index in [4.69, 9.17) is 0 Å². The molecule has 0 spiro atoms. The Morgan fingerprint density at radius 2 is 1.66 bits per heavy atom. The minimum Gasteiger partial charge on any atom is -0.380 e. The second-order valence-corrected chi connectivity index (χ2v) is 9.42. The zero-order valence-electron chi connectivity index (χ0n) is 16.0. The first-order valence-corrected chi connectivity index (χ1v) is 11.3. The number of halogens is 1. The number of hydrogen-bond donors (Lipinski definition) is 2. The molecule has 0 amide bonds. The summed E-state index contributed by atoms with van der Waals surface area (Å²) >= 11 is 3.40. The standard InChI is InChI=1S/C23H22BrNO3S/c1-3-16-23(26,18-10-12-19(24)13-11-18)21-6-4-5-7-22(21)25-29(27,28)20-14-8-17(2)9-15-20/h3-15,25-26H,1,16H2,2H3. The molecule has 0 aliphatic rings. The molecule has 0 aliphatic heterocycles. The maximum Gasteiger partial charge on any atom is 0.261 e. The number of anilines is 1. The molecule has 3 aromatic carbocycles. The predicted octanol–water partition coefficient (Wildman–Crippen LogP) is 5.37. The lowest BCUT2D eigenvalue weighted by Crippen LogP contribution is -2.28. The van der Waals surface area contributed by atoms with Gasteiger partial charge in [-0.1, -0.05) is 70.0 Å². The van der Waals surface area contributed by atoms with Crippen LogP contribution in [0, 0.1) is 6.92 Å². The van der Waals surface area contributed by atoms with Crippen LogP contribution in [0.2, 0.25) is 0 Å². The molecule has 0 bridgehead atoms. The highest BCUT2D eigenvalue weighted by molar-refractivity contribution is 9.10. The zero-order chi connectivity index (χ0) is 21.1. The summed E-state index contributed by atoms with van der Waals surface area (Å²) in [4.78, 5) is 0.161. The van der Waals surface area contributed by atoms with Crippen LogP contribution in [-0.4, -0.2) is 13.5 Å². The van der Waals surface area contributed by atoms with Crippen molar-refractivity contribution in [3.05, 3.63) is 107 Å². The summed E-state index contributed by atoms with van der Waals surface area (Å²) < 4.78 is 29.3. The Morgan fingerprint density at radius 3 is 2.28 bits per heavy atom. The Kier molecular flexibility index (Phi) is 6.27. The van der Waals surface area contributed by atoms with E-state index in [1.165, 1.54) is 0 Å². The van der Waals surface area contributed by atoms with Crippen molar-refractivity contribution in [2.45, 2.75) is 23.8 Å². The van der Waals surface area contributed by atoms with Crippen LogP contribution >= 0.6 is 15.9 Å². The fourth-order valence-electron chi connectivity index (χ4n) is 3.17. The second-order valence-electron chi connectivity index (χ2n) is 6.82. The number of benzene rings is 3. The lowest BCUT2D eigenvalue weighted by molar-refractivity contribution is 0.0850. The first-order chi connectivity index (χ1) is 13.8. The van der Waals surface area contributed by atoms with Gasteiger partial charge in [-0.25, -0.2) is 8.42 Å². The van der Waals surface area contributed by atoms with E-state index in [1.807, 2.05) is 19.1 Å². The Morgan fingerprint density at radius 1 is 1.03 bits per heavy atom. The van der Waals surface area contributed by atoms with Gasteiger partial charge in [-0.05, 0) is 42.8 Å². The normalized spacial score (nSPS) is 13.5. The minimum absolute atomic E-state index is 0.161. The summed E-state index contributed by atoms with van der Waals surface area (Å²) in [5.74, 6) is 0. The van der Waals surface area contributed by atoms with E-state index < -0.39 is 15.6 Å². The lowest BCUT2D eigenvalue weighted by atomic mass is 9.83. The van der Waals surface area contributed by atoms with E-state index in [2.05, 4.69) is 27.2 Å². The molecule has 2 N–H and O–H groups in total. The van der Waals surface area contributed by atoms with Gasteiger partial charge in [0.2, 0.25) is 0 Å². The third-order valence-corrected chi connectivity index (χ3v) is 6.62. The molecule has 0 aliphatic carbocycles. The topological polar surface area (TPSA) is 66.4 Å². The summed E-state index contributed by atoms with van der Waals surface area (Å²) in [6.45, 7) is 5.66. The van der Waals surface area contributed by atoms with Gasteiger partial charge in [-0.3, -0.25) is 4.72 Å². The van der Waals surface area contributed by atoms with Gasteiger partial charge in [0.15, 0.2) is 0 Å². The summed E-state index contributed by atoms with van der Waals surface area (Å²) in [7, 11) is -3.81. The second kappa shape index (κ2) is 8.53. The fourth-order valence-corrected chi connectivity index (χ4v) is 4.52. The molecule has 0 saturated heterocycles. The Bertz CT molecular complexity index is 1110. The maximum atomic E-state index is 12.9. The van der Waals surface area contributed by atoms with E-state index in [0.717, 1.165) is 10.0 Å². The van der Waals surface area contributed by atoms with Gasteiger partial charge in [-0.15, -0.1) is 6.58 Å². The SMILES string of the molecule is C=CCC(O)(c1ccc(Br)cc1)c1ccccc1NS(=O)(=O)c1ccc(C)cc1. The Balaban J connectivity index is 2.08. The van der Waals surface area contributed by atoms with Gasteiger partial charge in [0, 0.05) is 16.5 Å². The maximum absolute atomic E-state index is 12.9. The van der Waals surface area contributed by atoms with Gasteiger partial charge in [0.05, 0.1) is 10.6 Å². The average molecular weight is 472 g/mol. The number of para-hydroxylation sites is 1. The number of rotatable bonds is 7.